The number of aliphatic imine (C=N–C) groups is 1. The zero-order valence-electron chi connectivity index (χ0n) is 30.4. The van der Waals surface area contributed by atoms with E-state index in [1.54, 1.807) is 12.1 Å². The first-order valence-corrected chi connectivity index (χ1v) is 19.1. The summed E-state index contributed by atoms with van der Waals surface area (Å²) in [5.74, 6) is -1.49. The molecule has 0 saturated heterocycles. The summed E-state index contributed by atoms with van der Waals surface area (Å²) in [6.07, 6.45) is 2.09. The van der Waals surface area contributed by atoms with E-state index in [-0.39, 0.29) is 49.0 Å². The number of nitrogens with two attached hydrogens (primary N) is 1. The van der Waals surface area contributed by atoms with E-state index < -0.39 is 33.9 Å². The quantitative estimate of drug-likeness (QED) is 0.0439. The Kier molecular flexibility index (Phi) is 15.0. The van der Waals surface area contributed by atoms with Gasteiger partial charge in [-0.25, -0.2) is 13.1 Å². The Labute approximate surface area is 312 Å². The van der Waals surface area contributed by atoms with Crippen LogP contribution in [0.15, 0.2) is 119 Å². The summed E-state index contributed by atoms with van der Waals surface area (Å²) in [4.78, 5) is 46.8. The van der Waals surface area contributed by atoms with Crippen LogP contribution in [-0.2, 0) is 43.7 Å². The molecule has 0 bridgehead atoms. The van der Waals surface area contributed by atoms with Crippen LogP contribution in [0.5, 0.6) is 0 Å². The molecule has 0 spiro atoms. The van der Waals surface area contributed by atoms with E-state index >= 15 is 0 Å². The SMILES string of the molecule is CCc1ccccc1NNC(=O)[C@H](CCCN=C(N)NS(=O)(=O)c1ccc(C)cc1)N(C)C(=O)[C@@H](Cc1ccccc1)NC(=O)CCc1ccccc1. The molecule has 2 atom stereocenters. The third-order valence-electron chi connectivity index (χ3n) is 8.72. The lowest BCUT2D eigenvalue weighted by molar-refractivity contribution is -0.141. The van der Waals surface area contributed by atoms with Crippen LogP contribution in [0.2, 0.25) is 0 Å². The van der Waals surface area contributed by atoms with Crippen molar-refractivity contribution in [3.63, 3.8) is 0 Å². The fourth-order valence-corrected chi connectivity index (χ4v) is 6.66. The summed E-state index contributed by atoms with van der Waals surface area (Å²) in [5, 5.41) is 2.92. The molecule has 0 heterocycles. The Morgan fingerprint density at radius 3 is 2.13 bits per heavy atom. The third-order valence-corrected chi connectivity index (χ3v) is 10.1. The smallest absolute Gasteiger partial charge is 0.264 e. The minimum Gasteiger partial charge on any atom is -0.369 e. The molecule has 280 valence electrons. The van der Waals surface area contributed by atoms with Gasteiger partial charge in [0.25, 0.3) is 15.9 Å². The van der Waals surface area contributed by atoms with Crippen molar-refractivity contribution in [1.82, 2.24) is 20.4 Å². The lowest BCUT2D eigenvalue weighted by Gasteiger charge is -2.31. The molecule has 6 N–H and O–H groups in total. The lowest BCUT2D eigenvalue weighted by atomic mass is 10.0. The predicted molar refractivity (Wildman–Crippen MR) is 208 cm³/mol. The topological polar surface area (TPSA) is 175 Å². The molecule has 13 heteroatoms. The molecule has 0 aliphatic carbocycles. The van der Waals surface area contributed by atoms with E-state index in [9.17, 15) is 22.8 Å². The summed E-state index contributed by atoms with van der Waals surface area (Å²) in [6.45, 7) is 3.93. The van der Waals surface area contributed by atoms with E-state index in [0.29, 0.717) is 6.42 Å². The second-order valence-corrected chi connectivity index (χ2v) is 14.4. The first-order valence-electron chi connectivity index (χ1n) is 17.6. The van der Waals surface area contributed by atoms with Gasteiger partial charge in [0.15, 0.2) is 0 Å². The average Bonchev–Trinajstić information content (AvgIpc) is 3.16. The number of hydrazine groups is 1. The summed E-state index contributed by atoms with van der Waals surface area (Å²) < 4.78 is 27.8. The molecule has 4 aromatic rings. The maximum Gasteiger partial charge on any atom is 0.264 e. The van der Waals surface area contributed by atoms with Gasteiger partial charge in [-0.15, -0.1) is 0 Å². The minimum atomic E-state index is -3.94. The Morgan fingerprint density at radius 1 is 0.849 bits per heavy atom. The number of aryl methyl sites for hydroxylation is 3. The van der Waals surface area contributed by atoms with Gasteiger partial charge in [-0.05, 0) is 67.5 Å². The highest BCUT2D eigenvalue weighted by molar-refractivity contribution is 7.90. The highest BCUT2D eigenvalue weighted by Crippen LogP contribution is 2.16. The first-order chi connectivity index (χ1) is 25.5. The molecule has 4 aromatic carbocycles. The van der Waals surface area contributed by atoms with E-state index in [1.165, 1.54) is 24.1 Å². The number of hydrogen-bond donors (Lipinski definition) is 5. The van der Waals surface area contributed by atoms with Crippen molar-refractivity contribution in [3.8, 4) is 0 Å². The summed E-state index contributed by atoms with van der Waals surface area (Å²) in [7, 11) is -2.40. The van der Waals surface area contributed by atoms with Gasteiger partial charge in [-0.1, -0.05) is 103 Å². The number of hydrogen-bond acceptors (Lipinski definition) is 7. The van der Waals surface area contributed by atoms with Gasteiger partial charge in [0.1, 0.15) is 12.1 Å². The second kappa shape index (κ2) is 19.8. The van der Waals surface area contributed by atoms with Gasteiger partial charge in [-0.3, -0.25) is 30.2 Å². The van der Waals surface area contributed by atoms with Crippen LogP contribution in [0.3, 0.4) is 0 Å². The molecule has 3 amide bonds. The average molecular weight is 740 g/mol. The highest BCUT2D eigenvalue weighted by Gasteiger charge is 2.32. The molecule has 4 rings (SSSR count). The van der Waals surface area contributed by atoms with Crippen molar-refractivity contribution in [2.75, 3.05) is 19.0 Å². The number of carbonyl (C=O) groups is 3. The number of likely N-dealkylation sites (N-methyl/N-ethyl adjacent to an activating group) is 1. The molecule has 0 fully saturated rings. The summed E-state index contributed by atoms with van der Waals surface area (Å²) in [6, 6.07) is 30.9. The van der Waals surface area contributed by atoms with Gasteiger partial charge < -0.3 is 16.0 Å². The van der Waals surface area contributed by atoms with Gasteiger partial charge in [0, 0.05) is 26.4 Å². The van der Waals surface area contributed by atoms with Gasteiger partial charge in [0.05, 0.1) is 10.6 Å². The third kappa shape index (κ3) is 12.5. The Morgan fingerprint density at radius 2 is 1.47 bits per heavy atom. The zero-order valence-corrected chi connectivity index (χ0v) is 31.2. The zero-order chi connectivity index (χ0) is 38.2. The number of nitrogens with one attached hydrogen (secondary N) is 4. The van der Waals surface area contributed by atoms with E-state index in [0.717, 1.165) is 34.4 Å². The van der Waals surface area contributed by atoms with Crippen molar-refractivity contribution in [2.24, 2.45) is 10.7 Å². The number of nitrogens with zero attached hydrogens (tertiary/aromatic N) is 2. The molecular formula is C40H49N7O5S. The molecule has 0 unspecified atom stereocenters. The van der Waals surface area contributed by atoms with Crippen LogP contribution in [0.4, 0.5) is 5.69 Å². The minimum absolute atomic E-state index is 0.0486. The summed E-state index contributed by atoms with van der Waals surface area (Å²) in [5.41, 5.74) is 16.2. The van der Waals surface area contributed by atoms with E-state index in [1.807, 2.05) is 98.8 Å². The first kappa shape index (κ1) is 40.1. The number of guanidine groups is 1. The van der Waals surface area contributed by atoms with Crippen LogP contribution in [0.25, 0.3) is 0 Å². The predicted octanol–water partition coefficient (Wildman–Crippen LogP) is 4.26. The number of carbonyl (C=O) groups excluding carboxylic acids is 3. The van der Waals surface area contributed by atoms with E-state index in [2.05, 4.69) is 25.9 Å². The second-order valence-electron chi connectivity index (χ2n) is 12.7. The van der Waals surface area contributed by atoms with Crippen molar-refractivity contribution in [1.29, 1.82) is 0 Å². The van der Waals surface area contributed by atoms with Crippen LogP contribution < -0.4 is 26.6 Å². The Hall–Kier alpha value is -5.69. The molecule has 0 radical (unpaired) electrons. The maximum atomic E-state index is 14.2. The standard InChI is InChI=1S/C40H49N7O5S/c1-4-32-18-11-12-19-34(32)44-45-38(49)36(20-13-27-42-40(41)46-53(51,52)33-24-21-29(2)22-25-33)47(3)39(50)35(28-31-16-9-6-10-17-31)43-37(48)26-23-30-14-7-5-8-15-30/h5-12,14-19,21-22,24-25,35-36,44H,4,13,20,23,26-28H2,1-3H3,(H,43,48)(H,45,49)(H3,41,42,46)/t35-,36+/m1/s1. The number of benzene rings is 4. The fraction of sp³-hybridized carbons (Fsp3) is 0.300. The Bertz CT molecular complexity index is 1940. The molecule has 0 aliphatic rings. The molecule has 0 aromatic heterocycles. The van der Waals surface area contributed by atoms with Gasteiger partial charge in [0.2, 0.25) is 17.8 Å². The Balaban J connectivity index is 1.49. The molecule has 12 nitrogen and oxygen atoms in total. The van der Waals surface area contributed by atoms with Crippen LogP contribution in [0.1, 0.15) is 48.4 Å². The summed E-state index contributed by atoms with van der Waals surface area (Å²) >= 11 is 0. The van der Waals surface area contributed by atoms with Gasteiger partial charge in [-0.2, -0.15) is 0 Å². The number of sulfonamides is 1. The number of para-hydroxylation sites is 1. The van der Waals surface area contributed by atoms with Crippen molar-refractivity contribution in [3.05, 3.63) is 131 Å². The number of anilines is 1. The van der Waals surface area contributed by atoms with E-state index in [4.69, 9.17) is 5.73 Å². The van der Waals surface area contributed by atoms with Crippen LogP contribution >= 0.6 is 0 Å². The molecule has 0 saturated carbocycles. The monoisotopic (exact) mass is 739 g/mol. The number of amides is 3. The van der Waals surface area contributed by atoms with Crippen LogP contribution in [-0.4, -0.2) is 62.7 Å². The van der Waals surface area contributed by atoms with Crippen molar-refractivity contribution >= 4 is 39.4 Å². The molecule has 0 aliphatic heterocycles. The van der Waals surface area contributed by atoms with Crippen molar-refractivity contribution in [2.45, 2.75) is 69.4 Å². The highest BCUT2D eigenvalue weighted by atomic mass is 32.2. The van der Waals surface area contributed by atoms with Gasteiger partial charge >= 0.3 is 0 Å². The molecular weight excluding hydrogens is 691 g/mol. The lowest BCUT2D eigenvalue weighted by Crippen LogP contribution is -2.55. The number of rotatable bonds is 18. The van der Waals surface area contributed by atoms with Crippen molar-refractivity contribution < 1.29 is 22.8 Å². The molecule has 53 heavy (non-hydrogen) atoms. The maximum absolute atomic E-state index is 14.2. The largest absolute Gasteiger partial charge is 0.369 e. The van der Waals surface area contributed by atoms with Crippen LogP contribution in [0, 0.1) is 6.92 Å². The normalized spacial score (nSPS) is 12.6. The fourth-order valence-electron chi connectivity index (χ4n) is 5.71.